The van der Waals surface area contributed by atoms with E-state index in [2.05, 4.69) is 0 Å². The summed E-state index contributed by atoms with van der Waals surface area (Å²) in [4.78, 5) is 23.6. The number of carbonyl (C=O) groups excluding carboxylic acids is 1. The molecule has 2 atom stereocenters. The highest BCUT2D eigenvalue weighted by Crippen LogP contribution is 2.34. The first-order chi connectivity index (χ1) is 10.3. The van der Waals surface area contributed by atoms with Crippen LogP contribution in [0.5, 0.6) is 5.75 Å². The molecule has 1 aromatic carbocycles. The molecule has 0 spiro atoms. The van der Waals surface area contributed by atoms with E-state index in [0.717, 1.165) is 24.8 Å². The van der Waals surface area contributed by atoms with E-state index in [1.54, 1.807) is 32.9 Å². The monoisotopic (exact) mass is 306 g/mol. The lowest BCUT2D eigenvalue weighted by atomic mass is 9.97. The van der Waals surface area contributed by atoms with E-state index in [1.807, 2.05) is 0 Å². The first-order valence-electron chi connectivity index (χ1n) is 7.49. The predicted molar refractivity (Wildman–Crippen MR) is 82.2 cm³/mol. The molecule has 1 aliphatic carbocycles. The summed E-state index contributed by atoms with van der Waals surface area (Å²) in [5, 5.41) is 9.95. The SMILES string of the molecule is CC(C)(C)OC(=O)Oc1ccc([C@@H]2CCCC2O)ccc1=O. The van der Waals surface area contributed by atoms with Gasteiger partial charge in [-0.05, 0) is 51.3 Å². The molecule has 1 unspecified atom stereocenters. The number of carbonyl (C=O) groups is 1. The summed E-state index contributed by atoms with van der Waals surface area (Å²) in [5.74, 6) is -0.0471. The van der Waals surface area contributed by atoms with Crippen LogP contribution in [0.25, 0.3) is 0 Å². The van der Waals surface area contributed by atoms with Crippen LogP contribution in [-0.4, -0.2) is 23.0 Å². The maximum absolute atomic E-state index is 12.0. The van der Waals surface area contributed by atoms with Gasteiger partial charge in [-0.2, -0.15) is 0 Å². The molecule has 0 bridgehead atoms. The Morgan fingerprint density at radius 2 is 1.86 bits per heavy atom. The zero-order chi connectivity index (χ0) is 16.3. The second kappa shape index (κ2) is 6.48. The molecule has 1 N–H and O–H groups in total. The molecule has 120 valence electrons. The summed E-state index contributed by atoms with van der Waals surface area (Å²) < 4.78 is 10.0. The third kappa shape index (κ3) is 4.31. The molecular weight excluding hydrogens is 284 g/mol. The zero-order valence-electron chi connectivity index (χ0n) is 13.2. The van der Waals surface area contributed by atoms with Gasteiger partial charge in [-0.3, -0.25) is 4.79 Å². The van der Waals surface area contributed by atoms with Gasteiger partial charge in [0.1, 0.15) is 5.60 Å². The number of aliphatic hydroxyl groups excluding tert-OH is 1. The number of hydrogen-bond acceptors (Lipinski definition) is 5. The molecule has 0 saturated heterocycles. The fourth-order valence-corrected chi connectivity index (χ4v) is 2.59. The summed E-state index contributed by atoms with van der Waals surface area (Å²) in [6.45, 7) is 5.16. The zero-order valence-corrected chi connectivity index (χ0v) is 13.2. The molecular formula is C17H22O5. The van der Waals surface area contributed by atoms with Crippen molar-refractivity contribution in [1.29, 1.82) is 0 Å². The second-order valence-corrected chi connectivity index (χ2v) is 6.57. The molecule has 0 aliphatic heterocycles. The summed E-state index contributed by atoms with van der Waals surface area (Å²) in [6, 6.07) is 6.23. The number of rotatable bonds is 2. The van der Waals surface area contributed by atoms with Crippen molar-refractivity contribution in [3.8, 4) is 5.75 Å². The molecule has 1 aliphatic rings. The minimum atomic E-state index is -0.904. The third-order valence-corrected chi connectivity index (χ3v) is 3.59. The van der Waals surface area contributed by atoms with Crippen molar-refractivity contribution in [3.05, 3.63) is 40.1 Å². The van der Waals surface area contributed by atoms with Gasteiger partial charge in [-0.15, -0.1) is 0 Å². The Balaban J connectivity index is 2.18. The van der Waals surface area contributed by atoms with Gasteiger partial charge in [0, 0.05) is 5.92 Å². The van der Waals surface area contributed by atoms with Crippen LogP contribution in [0.3, 0.4) is 0 Å². The van der Waals surface area contributed by atoms with Crippen molar-refractivity contribution in [1.82, 2.24) is 0 Å². The van der Waals surface area contributed by atoms with Crippen molar-refractivity contribution < 1.29 is 19.4 Å². The van der Waals surface area contributed by atoms with E-state index in [0.29, 0.717) is 0 Å². The smallest absolute Gasteiger partial charge is 0.428 e. The maximum Gasteiger partial charge on any atom is 0.514 e. The Bertz CT molecular complexity index is 603. The Labute approximate surface area is 129 Å². The summed E-state index contributed by atoms with van der Waals surface area (Å²) in [6.07, 6.45) is 1.35. The van der Waals surface area contributed by atoms with Crippen LogP contribution in [0.1, 0.15) is 51.5 Å². The van der Waals surface area contributed by atoms with E-state index >= 15 is 0 Å². The van der Waals surface area contributed by atoms with E-state index in [-0.39, 0.29) is 17.8 Å². The van der Waals surface area contributed by atoms with Crippen LogP contribution in [0.4, 0.5) is 4.79 Å². The van der Waals surface area contributed by atoms with Crippen molar-refractivity contribution in [3.63, 3.8) is 0 Å². The molecule has 5 nitrogen and oxygen atoms in total. The van der Waals surface area contributed by atoms with E-state index in [1.165, 1.54) is 12.1 Å². The van der Waals surface area contributed by atoms with Crippen LogP contribution in [0.2, 0.25) is 0 Å². The topological polar surface area (TPSA) is 72.8 Å². The van der Waals surface area contributed by atoms with Crippen molar-refractivity contribution in [2.24, 2.45) is 0 Å². The molecule has 0 aromatic heterocycles. The highest BCUT2D eigenvalue weighted by Gasteiger charge is 2.26. The van der Waals surface area contributed by atoms with Crippen molar-refractivity contribution >= 4 is 6.16 Å². The van der Waals surface area contributed by atoms with Gasteiger partial charge < -0.3 is 14.6 Å². The number of hydrogen-bond donors (Lipinski definition) is 1. The lowest BCUT2D eigenvalue weighted by Crippen LogP contribution is -2.26. The van der Waals surface area contributed by atoms with Crippen LogP contribution < -0.4 is 10.2 Å². The second-order valence-electron chi connectivity index (χ2n) is 6.57. The minimum Gasteiger partial charge on any atom is -0.428 e. The van der Waals surface area contributed by atoms with E-state index in [4.69, 9.17) is 9.47 Å². The van der Waals surface area contributed by atoms with E-state index < -0.39 is 17.2 Å². The standard InChI is InChI=1S/C17H22O5/c1-17(2,3)22-16(20)21-15-10-8-11(7-9-14(15)19)12-5-4-6-13(12)18/h7-10,12-13,18H,4-6H2,1-3H3/t12-,13?/m0/s1. The Hall–Kier alpha value is -1.88. The molecule has 1 aromatic rings. The minimum absolute atomic E-state index is 0.0289. The van der Waals surface area contributed by atoms with Crippen molar-refractivity contribution in [2.45, 2.75) is 57.7 Å². The first-order valence-corrected chi connectivity index (χ1v) is 7.49. The summed E-state index contributed by atoms with van der Waals surface area (Å²) >= 11 is 0. The predicted octanol–water partition coefficient (Wildman–Crippen LogP) is 2.99. The van der Waals surface area contributed by atoms with Crippen LogP contribution in [-0.2, 0) is 4.74 Å². The molecule has 1 saturated carbocycles. The van der Waals surface area contributed by atoms with Crippen molar-refractivity contribution in [2.75, 3.05) is 0 Å². The average molecular weight is 306 g/mol. The third-order valence-electron chi connectivity index (χ3n) is 3.59. The van der Waals surface area contributed by atoms with Crippen LogP contribution in [0.15, 0.2) is 29.1 Å². The molecule has 2 rings (SSSR count). The van der Waals surface area contributed by atoms with E-state index in [9.17, 15) is 14.7 Å². The van der Waals surface area contributed by atoms with Gasteiger partial charge >= 0.3 is 6.16 Å². The lowest BCUT2D eigenvalue weighted by Gasteiger charge is -2.18. The quantitative estimate of drug-likeness (QED) is 0.850. The molecule has 0 radical (unpaired) electrons. The number of aliphatic hydroxyl groups is 1. The fourth-order valence-electron chi connectivity index (χ4n) is 2.59. The van der Waals surface area contributed by atoms with Gasteiger partial charge in [0.15, 0.2) is 5.75 Å². The van der Waals surface area contributed by atoms with Gasteiger partial charge in [0.05, 0.1) is 6.10 Å². The number of ether oxygens (including phenoxy) is 2. The molecule has 0 amide bonds. The Morgan fingerprint density at radius 1 is 1.18 bits per heavy atom. The lowest BCUT2D eigenvalue weighted by molar-refractivity contribution is 0.0204. The normalized spacial score (nSPS) is 21.5. The van der Waals surface area contributed by atoms with Gasteiger partial charge in [-0.25, -0.2) is 4.79 Å². The molecule has 1 fully saturated rings. The first kappa shape index (κ1) is 16.5. The van der Waals surface area contributed by atoms with Gasteiger partial charge in [-0.1, -0.05) is 18.6 Å². The van der Waals surface area contributed by atoms with Gasteiger partial charge in [0.2, 0.25) is 5.43 Å². The summed E-state index contributed by atoms with van der Waals surface area (Å²) in [5.41, 5.74) is -0.207. The van der Waals surface area contributed by atoms with Gasteiger partial charge in [0.25, 0.3) is 0 Å². The molecule has 5 heteroatoms. The van der Waals surface area contributed by atoms with Crippen LogP contribution >= 0.6 is 0 Å². The highest BCUT2D eigenvalue weighted by atomic mass is 16.7. The average Bonchev–Trinajstić information content (AvgIpc) is 2.73. The largest absolute Gasteiger partial charge is 0.514 e. The summed E-state index contributed by atoms with van der Waals surface area (Å²) in [7, 11) is 0. The van der Waals surface area contributed by atoms with Crippen LogP contribution in [0, 0.1) is 0 Å². The maximum atomic E-state index is 12.0. The molecule has 22 heavy (non-hydrogen) atoms. The highest BCUT2D eigenvalue weighted by molar-refractivity contribution is 5.64. The fraction of sp³-hybridized carbons (Fsp3) is 0.529. The Kier molecular flexibility index (Phi) is 4.86. The Morgan fingerprint density at radius 3 is 2.45 bits per heavy atom. The molecule has 0 heterocycles.